The van der Waals surface area contributed by atoms with Gasteiger partial charge >= 0.3 is 5.97 Å². The van der Waals surface area contributed by atoms with Crippen LogP contribution in [-0.4, -0.2) is 22.8 Å². The number of carbonyl (C=O) groups is 1. The Balaban J connectivity index is 2.92. The van der Waals surface area contributed by atoms with Crippen LogP contribution in [-0.2, 0) is 9.53 Å². The monoisotopic (exact) mass is 236 g/mol. The fourth-order valence-corrected chi connectivity index (χ4v) is 1.64. The molecule has 0 saturated heterocycles. The Labute approximate surface area is 102 Å². The molecule has 0 aliphatic rings. The lowest BCUT2D eigenvalue weighted by molar-refractivity contribution is -0.159. The summed E-state index contributed by atoms with van der Waals surface area (Å²) < 4.78 is 5.32. The van der Waals surface area contributed by atoms with Crippen LogP contribution in [0.4, 0.5) is 0 Å². The first-order valence-corrected chi connectivity index (χ1v) is 5.77. The Morgan fingerprint density at radius 1 is 1.24 bits per heavy atom. The van der Waals surface area contributed by atoms with E-state index in [1.54, 1.807) is 6.92 Å². The van der Waals surface area contributed by atoms with Crippen molar-refractivity contribution in [3.05, 3.63) is 35.9 Å². The number of hydrogen-bond acceptors (Lipinski definition) is 3. The largest absolute Gasteiger partial charge is 0.459 e. The summed E-state index contributed by atoms with van der Waals surface area (Å²) in [5.74, 6) is -1.02. The van der Waals surface area contributed by atoms with Crippen molar-refractivity contribution in [3.63, 3.8) is 0 Å². The average molecular weight is 236 g/mol. The predicted molar refractivity (Wildman–Crippen MR) is 66.7 cm³/mol. The van der Waals surface area contributed by atoms with Crippen molar-refractivity contribution in [1.29, 1.82) is 0 Å². The van der Waals surface area contributed by atoms with Crippen LogP contribution in [0.5, 0.6) is 0 Å². The van der Waals surface area contributed by atoms with Crippen LogP contribution < -0.4 is 0 Å². The molecule has 3 heteroatoms. The first-order valence-electron chi connectivity index (χ1n) is 5.77. The van der Waals surface area contributed by atoms with Crippen molar-refractivity contribution in [2.24, 2.45) is 0 Å². The minimum absolute atomic E-state index is 0.390. The summed E-state index contributed by atoms with van der Waals surface area (Å²) in [6, 6.07) is 9.20. The van der Waals surface area contributed by atoms with Crippen LogP contribution >= 0.6 is 0 Å². The third kappa shape index (κ3) is 4.19. The van der Waals surface area contributed by atoms with Gasteiger partial charge in [0.25, 0.3) is 0 Å². The lowest BCUT2D eigenvalue weighted by Gasteiger charge is -2.25. The third-order valence-corrected chi connectivity index (χ3v) is 2.30. The van der Waals surface area contributed by atoms with Gasteiger partial charge in [0.1, 0.15) is 11.5 Å². The van der Waals surface area contributed by atoms with Gasteiger partial charge in [0.2, 0.25) is 0 Å². The van der Waals surface area contributed by atoms with Crippen LogP contribution in [0.3, 0.4) is 0 Å². The minimum Gasteiger partial charge on any atom is -0.459 e. The smallest absolute Gasteiger partial charge is 0.316 e. The maximum atomic E-state index is 12.0. The Hall–Kier alpha value is -1.35. The lowest BCUT2D eigenvalue weighted by Crippen LogP contribution is -2.32. The molecule has 94 valence electrons. The number of aliphatic hydroxyl groups is 1. The van der Waals surface area contributed by atoms with Gasteiger partial charge in [-0.05, 0) is 33.3 Å². The SMILES string of the molecule is C[C@@H](O)[C@H](C(=O)OC(C)(C)C)c1ccccc1. The minimum atomic E-state index is -0.771. The summed E-state index contributed by atoms with van der Waals surface area (Å²) >= 11 is 0. The molecule has 0 unspecified atom stereocenters. The van der Waals surface area contributed by atoms with Crippen molar-refractivity contribution in [3.8, 4) is 0 Å². The van der Waals surface area contributed by atoms with Crippen LogP contribution in [0, 0.1) is 0 Å². The molecule has 3 nitrogen and oxygen atoms in total. The van der Waals surface area contributed by atoms with E-state index < -0.39 is 23.6 Å². The van der Waals surface area contributed by atoms with E-state index in [1.807, 2.05) is 51.1 Å². The molecule has 1 rings (SSSR count). The van der Waals surface area contributed by atoms with Gasteiger partial charge in [0.05, 0.1) is 6.10 Å². The highest BCUT2D eigenvalue weighted by Gasteiger charge is 2.30. The van der Waals surface area contributed by atoms with Crippen molar-refractivity contribution < 1.29 is 14.6 Å². The molecule has 0 fully saturated rings. The summed E-state index contributed by atoms with van der Waals surface area (Å²) in [5, 5.41) is 9.73. The first kappa shape index (κ1) is 13.7. The molecule has 0 amide bonds. The van der Waals surface area contributed by atoms with Crippen molar-refractivity contribution >= 4 is 5.97 Å². The van der Waals surface area contributed by atoms with E-state index in [0.29, 0.717) is 0 Å². The molecule has 0 saturated carbocycles. The Kier molecular flexibility index (Phi) is 4.29. The zero-order valence-corrected chi connectivity index (χ0v) is 10.8. The van der Waals surface area contributed by atoms with E-state index in [9.17, 15) is 9.90 Å². The Morgan fingerprint density at radius 2 is 1.76 bits per heavy atom. The molecule has 0 aliphatic heterocycles. The maximum absolute atomic E-state index is 12.0. The summed E-state index contributed by atoms with van der Waals surface area (Å²) in [6.45, 7) is 7.04. The van der Waals surface area contributed by atoms with E-state index in [2.05, 4.69) is 0 Å². The molecular formula is C14H20O3. The molecule has 1 N–H and O–H groups in total. The summed E-state index contributed by atoms with van der Waals surface area (Å²) in [7, 11) is 0. The van der Waals surface area contributed by atoms with Gasteiger partial charge in [0, 0.05) is 0 Å². The number of hydrogen-bond donors (Lipinski definition) is 1. The van der Waals surface area contributed by atoms with Gasteiger partial charge in [0.15, 0.2) is 0 Å². The quantitative estimate of drug-likeness (QED) is 0.820. The number of esters is 1. The molecule has 17 heavy (non-hydrogen) atoms. The van der Waals surface area contributed by atoms with Gasteiger partial charge in [-0.1, -0.05) is 30.3 Å². The van der Waals surface area contributed by atoms with E-state index in [4.69, 9.17) is 4.74 Å². The van der Waals surface area contributed by atoms with Gasteiger partial charge in [-0.15, -0.1) is 0 Å². The number of aliphatic hydroxyl groups excluding tert-OH is 1. The summed E-state index contributed by atoms with van der Waals surface area (Å²) in [4.78, 5) is 12.0. The van der Waals surface area contributed by atoms with Crippen LogP contribution in [0.1, 0.15) is 39.2 Å². The highest BCUT2D eigenvalue weighted by atomic mass is 16.6. The molecule has 2 atom stereocenters. The molecular weight excluding hydrogens is 216 g/mol. The second kappa shape index (κ2) is 5.32. The molecule has 0 aliphatic carbocycles. The van der Waals surface area contributed by atoms with Gasteiger partial charge in [-0.25, -0.2) is 0 Å². The molecule has 1 aromatic rings. The van der Waals surface area contributed by atoms with Crippen LogP contribution in [0.25, 0.3) is 0 Å². The zero-order valence-electron chi connectivity index (χ0n) is 10.8. The average Bonchev–Trinajstić information content (AvgIpc) is 2.15. The van der Waals surface area contributed by atoms with Crippen molar-refractivity contribution in [2.75, 3.05) is 0 Å². The highest BCUT2D eigenvalue weighted by Crippen LogP contribution is 2.23. The van der Waals surface area contributed by atoms with E-state index in [0.717, 1.165) is 5.56 Å². The van der Waals surface area contributed by atoms with E-state index in [1.165, 1.54) is 0 Å². The Bertz CT molecular complexity index is 363. The molecule has 0 bridgehead atoms. The van der Waals surface area contributed by atoms with Crippen molar-refractivity contribution in [1.82, 2.24) is 0 Å². The maximum Gasteiger partial charge on any atom is 0.316 e. The highest BCUT2D eigenvalue weighted by molar-refractivity contribution is 5.79. The summed E-state index contributed by atoms with van der Waals surface area (Å²) in [6.07, 6.45) is -0.771. The number of rotatable bonds is 3. The normalized spacial score (nSPS) is 15.1. The first-order chi connectivity index (χ1) is 7.81. The number of carbonyl (C=O) groups excluding carboxylic acids is 1. The predicted octanol–water partition coefficient (Wildman–Crippen LogP) is 2.49. The van der Waals surface area contributed by atoms with Crippen LogP contribution in [0.15, 0.2) is 30.3 Å². The fraction of sp³-hybridized carbons (Fsp3) is 0.500. The van der Waals surface area contributed by atoms with Gasteiger partial charge in [-0.3, -0.25) is 4.79 Å². The van der Waals surface area contributed by atoms with Crippen LogP contribution in [0.2, 0.25) is 0 Å². The van der Waals surface area contributed by atoms with Gasteiger partial charge < -0.3 is 9.84 Å². The standard InChI is InChI=1S/C14H20O3/c1-10(15)12(11-8-6-5-7-9-11)13(16)17-14(2,3)4/h5-10,12,15H,1-4H3/t10-,12+/m1/s1. The molecule has 0 heterocycles. The second-order valence-electron chi connectivity index (χ2n) is 5.16. The summed E-state index contributed by atoms with van der Waals surface area (Å²) in [5.41, 5.74) is 0.232. The van der Waals surface area contributed by atoms with E-state index >= 15 is 0 Å². The topological polar surface area (TPSA) is 46.5 Å². The zero-order chi connectivity index (χ0) is 13.1. The molecule has 1 aromatic carbocycles. The third-order valence-electron chi connectivity index (χ3n) is 2.30. The number of ether oxygens (including phenoxy) is 1. The Morgan fingerprint density at radius 3 is 2.18 bits per heavy atom. The molecule has 0 radical (unpaired) electrons. The van der Waals surface area contributed by atoms with Gasteiger partial charge in [-0.2, -0.15) is 0 Å². The second-order valence-corrected chi connectivity index (χ2v) is 5.16. The molecule has 0 spiro atoms. The fourth-order valence-electron chi connectivity index (χ4n) is 1.64. The molecule has 0 aromatic heterocycles. The number of benzene rings is 1. The lowest BCUT2D eigenvalue weighted by atomic mass is 9.94. The van der Waals surface area contributed by atoms with Crippen molar-refractivity contribution in [2.45, 2.75) is 45.3 Å². The van der Waals surface area contributed by atoms with E-state index in [-0.39, 0.29) is 0 Å².